The molecule has 3 rings (SSSR count). The van der Waals surface area contributed by atoms with E-state index < -0.39 is 0 Å². The number of hydrogen-bond acceptors (Lipinski definition) is 4. The van der Waals surface area contributed by atoms with Gasteiger partial charge in [-0.1, -0.05) is 5.10 Å². The van der Waals surface area contributed by atoms with Gasteiger partial charge in [0, 0.05) is 13.1 Å². The number of aromatic nitrogens is 4. The van der Waals surface area contributed by atoms with E-state index >= 15 is 0 Å². The number of tetrazole rings is 1. The van der Waals surface area contributed by atoms with Crippen LogP contribution in [0.4, 0.5) is 15.1 Å². The van der Waals surface area contributed by atoms with Crippen molar-refractivity contribution in [2.45, 2.75) is 19.9 Å². The quantitative estimate of drug-likeness (QED) is 0.857. The van der Waals surface area contributed by atoms with Crippen LogP contribution in [0.2, 0.25) is 0 Å². The molecule has 0 unspecified atom stereocenters. The number of aryl methyl sites for hydroxylation is 2. The molecule has 0 aliphatic carbocycles. The fourth-order valence-electron chi connectivity index (χ4n) is 2.50. The van der Waals surface area contributed by atoms with Gasteiger partial charge in [-0.3, -0.25) is 5.32 Å². The smallest absolute Gasteiger partial charge is 0.320 e. The lowest BCUT2D eigenvalue weighted by Gasteiger charge is -2.29. The Balaban J connectivity index is 1.75. The Kier molecular flexibility index (Phi) is 3.28. The van der Waals surface area contributed by atoms with Crippen molar-refractivity contribution in [2.75, 3.05) is 11.9 Å². The van der Waals surface area contributed by atoms with E-state index in [1.165, 1.54) is 10.9 Å². The van der Waals surface area contributed by atoms with Gasteiger partial charge in [0.05, 0.1) is 7.05 Å². The summed E-state index contributed by atoms with van der Waals surface area (Å²) in [6, 6.07) is 2.75. The summed E-state index contributed by atoms with van der Waals surface area (Å²) in [5.41, 5.74) is 2.83. The number of carbonyl (C=O) groups is 1. The van der Waals surface area contributed by atoms with Gasteiger partial charge in [0.1, 0.15) is 5.82 Å². The first-order valence-corrected chi connectivity index (χ1v) is 6.61. The van der Waals surface area contributed by atoms with Crippen LogP contribution in [0.5, 0.6) is 0 Å². The van der Waals surface area contributed by atoms with E-state index in [-0.39, 0.29) is 17.8 Å². The van der Waals surface area contributed by atoms with E-state index in [9.17, 15) is 9.18 Å². The summed E-state index contributed by atoms with van der Waals surface area (Å²) in [5, 5.41) is 13.9. The predicted molar refractivity (Wildman–Crippen MR) is 73.1 cm³/mol. The van der Waals surface area contributed by atoms with Gasteiger partial charge < -0.3 is 4.90 Å². The van der Waals surface area contributed by atoms with E-state index in [1.807, 2.05) is 6.92 Å². The van der Waals surface area contributed by atoms with Crippen LogP contribution in [0.3, 0.4) is 0 Å². The molecule has 110 valence electrons. The molecule has 0 spiro atoms. The Labute approximate surface area is 120 Å². The molecule has 2 aromatic rings. The zero-order valence-electron chi connectivity index (χ0n) is 11.8. The second-order valence-electron chi connectivity index (χ2n) is 5.06. The van der Waals surface area contributed by atoms with E-state index in [0.29, 0.717) is 19.5 Å². The lowest BCUT2D eigenvalue weighted by Crippen LogP contribution is -2.39. The Morgan fingerprint density at radius 3 is 2.95 bits per heavy atom. The number of nitrogens with zero attached hydrogens (tertiary/aromatic N) is 5. The first kappa shape index (κ1) is 13.5. The van der Waals surface area contributed by atoms with Crippen LogP contribution in [0, 0.1) is 12.7 Å². The van der Waals surface area contributed by atoms with Crippen molar-refractivity contribution >= 4 is 12.0 Å². The number of halogens is 1. The second kappa shape index (κ2) is 5.12. The van der Waals surface area contributed by atoms with Crippen molar-refractivity contribution < 1.29 is 9.18 Å². The van der Waals surface area contributed by atoms with Gasteiger partial charge in [0.25, 0.3) is 5.95 Å². The summed E-state index contributed by atoms with van der Waals surface area (Å²) < 4.78 is 13.4. The minimum Gasteiger partial charge on any atom is -0.320 e. The molecule has 1 aromatic carbocycles. The first-order chi connectivity index (χ1) is 10.0. The van der Waals surface area contributed by atoms with Crippen LogP contribution in [-0.4, -0.2) is 37.7 Å². The number of hydrogen-bond donors (Lipinski definition) is 1. The fourth-order valence-corrected chi connectivity index (χ4v) is 2.50. The lowest BCUT2D eigenvalue weighted by molar-refractivity contribution is 0.206. The molecule has 0 radical (unpaired) electrons. The molecule has 21 heavy (non-hydrogen) atoms. The molecule has 0 atom stereocenters. The largest absolute Gasteiger partial charge is 0.324 e. The Morgan fingerprint density at radius 2 is 2.24 bits per heavy atom. The molecular formula is C13H15FN6O. The number of anilines is 1. The van der Waals surface area contributed by atoms with Crippen LogP contribution in [0.15, 0.2) is 12.1 Å². The number of carbonyl (C=O) groups excluding carboxylic acids is 1. The Hall–Kier alpha value is -2.51. The van der Waals surface area contributed by atoms with E-state index in [0.717, 1.165) is 16.7 Å². The highest BCUT2D eigenvalue weighted by atomic mass is 19.1. The number of amides is 2. The van der Waals surface area contributed by atoms with Gasteiger partial charge >= 0.3 is 6.03 Å². The average molecular weight is 290 g/mol. The van der Waals surface area contributed by atoms with Crippen LogP contribution in [0.1, 0.15) is 16.7 Å². The highest BCUT2D eigenvalue weighted by Crippen LogP contribution is 2.24. The molecule has 7 nitrogen and oxygen atoms in total. The lowest BCUT2D eigenvalue weighted by atomic mass is 9.95. The number of benzene rings is 1. The van der Waals surface area contributed by atoms with E-state index in [1.54, 1.807) is 18.0 Å². The molecule has 1 aliphatic heterocycles. The predicted octanol–water partition coefficient (Wildman–Crippen LogP) is 1.25. The van der Waals surface area contributed by atoms with Crippen molar-refractivity contribution in [2.24, 2.45) is 7.05 Å². The number of fused-ring (bicyclic) bond motifs is 1. The first-order valence-electron chi connectivity index (χ1n) is 6.61. The van der Waals surface area contributed by atoms with Crippen molar-refractivity contribution in [3.8, 4) is 0 Å². The minimum absolute atomic E-state index is 0.170. The SMILES string of the molecule is Cc1cc(F)cc2c1CN(C(=O)Nc1nnn(C)n1)CC2. The maximum absolute atomic E-state index is 13.4. The zero-order valence-corrected chi connectivity index (χ0v) is 11.8. The monoisotopic (exact) mass is 290 g/mol. The molecule has 0 bridgehead atoms. The number of nitrogens with one attached hydrogen (secondary N) is 1. The third-order valence-corrected chi connectivity index (χ3v) is 3.54. The second-order valence-corrected chi connectivity index (χ2v) is 5.06. The average Bonchev–Trinajstić information content (AvgIpc) is 2.83. The summed E-state index contributed by atoms with van der Waals surface area (Å²) >= 11 is 0. The normalized spacial score (nSPS) is 14.0. The molecule has 1 aromatic heterocycles. The molecule has 1 N–H and O–H groups in total. The standard InChI is InChI=1S/C13H15FN6O/c1-8-5-10(14)6-9-3-4-20(7-11(8)9)13(21)15-12-16-18-19(2)17-12/h5-6H,3-4,7H2,1-2H3,(H,15,17,21). The van der Waals surface area contributed by atoms with Crippen molar-refractivity contribution in [1.29, 1.82) is 0 Å². The maximum Gasteiger partial charge on any atom is 0.324 e. The molecule has 1 aliphatic rings. The van der Waals surface area contributed by atoms with E-state index in [2.05, 4.69) is 20.7 Å². The summed E-state index contributed by atoms with van der Waals surface area (Å²) in [6.45, 7) is 2.84. The topological polar surface area (TPSA) is 75.9 Å². The molecule has 0 fully saturated rings. The van der Waals surface area contributed by atoms with Gasteiger partial charge in [0.2, 0.25) is 0 Å². The van der Waals surface area contributed by atoms with E-state index in [4.69, 9.17) is 0 Å². The van der Waals surface area contributed by atoms with Crippen LogP contribution in [0.25, 0.3) is 0 Å². The fraction of sp³-hybridized carbons (Fsp3) is 0.385. The Morgan fingerprint density at radius 1 is 1.43 bits per heavy atom. The van der Waals surface area contributed by atoms with Gasteiger partial charge in [0.15, 0.2) is 0 Å². The molecule has 0 saturated heterocycles. The molecule has 2 heterocycles. The van der Waals surface area contributed by atoms with Crippen molar-refractivity contribution in [3.05, 3.63) is 34.6 Å². The zero-order chi connectivity index (χ0) is 15.0. The van der Waals surface area contributed by atoms with Gasteiger partial charge in [-0.05, 0) is 47.4 Å². The van der Waals surface area contributed by atoms with Crippen molar-refractivity contribution in [1.82, 2.24) is 25.1 Å². The third kappa shape index (κ3) is 2.69. The highest BCUT2D eigenvalue weighted by Gasteiger charge is 2.23. The van der Waals surface area contributed by atoms with Crippen LogP contribution in [-0.2, 0) is 20.0 Å². The third-order valence-electron chi connectivity index (χ3n) is 3.54. The number of rotatable bonds is 1. The minimum atomic E-state index is -0.280. The van der Waals surface area contributed by atoms with Crippen LogP contribution < -0.4 is 5.32 Å². The van der Waals surface area contributed by atoms with Crippen LogP contribution >= 0.6 is 0 Å². The summed E-state index contributed by atoms with van der Waals surface area (Å²) in [6.07, 6.45) is 0.634. The van der Waals surface area contributed by atoms with Gasteiger partial charge in [-0.2, -0.15) is 4.80 Å². The molecular weight excluding hydrogens is 275 g/mol. The molecule has 0 saturated carbocycles. The summed E-state index contributed by atoms with van der Waals surface area (Å²) in [5.74, 6) is -0.0583. The van der Waals surface area contributed by atoms with Gasteiger partial charge in [-0.15, -0.1) is 5.10 Å². The molecule has 2 amide bonds. The summed E-state index contributed by atoms with van der Waals surface area (Å²) in [4.78, 5) is 15.1. The maximum atomic E-state index is 13.4. The molecule has 8 heteroatoms. The van der Waals surface area contributed by atoms with Gasteiger partial charge in [-0.25, -0.2) is 9.18 Å². The summed E-state index contributed by atoms with van der Waals surface area (Å²) in [7, 11) is 1.62. The van der Waals surface area contributed by atoms with Crippen molar-refractivity contribution in [3.63, 3.8) is 0 Å². The Bertz CT molecular complexity index is 698. The number of urea groups is 1. The highest BCUT2D eigenvalue weighted by molar-refractivity contribution is 5.87.